The fourth-order valence-corrected chi connectivity index (χ4v) is 4.53. The Kier molecular flexibility index (Phi) is 14.9. The Morgan fingerprint density at radius 1 is 1.26 bits per heavy atom. The van der Waals surface area contributed by atoms with Gasteiger partial charge in [0.15, 0.2) is 0 Å². The first-order valence-electron chi connectivity index (χ1n) is 10.2. The molecular weight excluding hydrogens is 402 g/mol. The zero-order valence-electron chi connectivity index (χ0n) is 19.5. The smallest absolute Gasteiger partial charge is 0.331 e. The second kappa shape index (κ2) is 15.2. The molecule has 1 saturated carbocycles. The van der Waals surface area contributed by atoms with Crippen molar-refractivity contribution < 1.29 is 30.1 Å². The molecule has 1 fully saturated rings. The van der Waals surface area contributed by atoms with Crippen LogP contribution in [0.2, 0.25) is 0 Å². The van der Waals surface area contributed by atoms with E-state index in [0.717, 1.165) is 43.2 Å². The van der Waals surface area contributed by atoms with Crippen LogP contribution in [0.5, 0.6) is 0 Å². The van der Waals surface area contributed by atoms with Crippen LogP contribution in [0.25, 0.3) is 0 Å². The van der Waals surface area contributed by atoms with Crippen molar-refractivity contribution in [3.8, 4) is 6.26 Å². The van der Waals surface area contributed by atoms with Crippen LogP contribution < -0.4 is 0 Å². The maximum absolute atomic E-state index is 11.5. The minimum absolute atomic E-state index is 0.0373. The third-order valence-corrected chi connectivity index (χ3v) is 5.36. The van der Waals surface area contributed by atoms with E-state index in [1.165, 1.54) is 0 Å². The Morgan fingerprint density at radius 3 is 2.13 bits per heavy atom. The third kappa shape index (κ3) is 11.3. The summed E-state index contributed by atoms with van der Waals surface area (Å²) < 4.78 is 0. The summed E-state index contributed by atoms with van der Waals surface area (Å²) in [6.45, 7) is 11.9. The summed E-state index contributed by atoms with van der Waals surface area (Å²) in [5.74, 6) is -0.574. The molecule has 0 aromatic carbocycles. The predicted octanol–water partition coefficient (Wildman–Crippen LogP) is 4.02. The zero-order chi connectivity index (χ0) is 24.7. The number of nitriles is 1. The Hall–Kier alpha value is -2.69. The molecule has 0 bridgehead atoms. The highest BCUT2D eigenvalue weighted by Gasteiger charge is 2.45. The second-order valence-electron chi connectivity index (χ2n) is 8.71. The molecule has 0 saturated heterocycles. The zero-order valence-corrected chi connectivity index (χ0v) is 19.5. The lowest BCUT2D eigenvalue weighted by Crippen LogP contribution is -2.41. The summed E-state index contributed by atoms with van der Waals surface area (Å²) in [7, 11) is 0. The summed E-state index contributed by atoms with van der Waals surface area (Å²) >= 11 is 0. The second-order valence-corrected chi connectivity index (χ2v) is 8.71. The van der Waals surface area contributed by atoms with Crippen molar-refractivity contribution in [2.75, 3.05) is 13.2 Å². The van der Waals surface area contributed by atoms with E-state index < -0.39 is 11.4 Å². The van der Waals surface area contributed by atoms with E-state index in [2.05, 4.69) is 30.9 Å². The molecule has 2 unspecified atom stereocenters. The van der Waals surface area contributed by atoms with Gasteiger partial charge < -0.3 is 20.5 Å². The van der Waals surface area contributed by atoms with E-state index in [-0.39, 0.29) is 24.1 Å². The van der Waals surface area contributed by atoms with Gasteiger partial charge in [0.1, 0.15) is 0 Å². The van der Waals surface area contributed by atoms with E-state index in [0.29, 0.717) is 12.3 Å². The van der Waals surface area contributed by atoms with Crippen LogP contribution in [0.4, 0.5) is 0 Å². The molecule has 1 aliphatic rings. The number of nitrogens with zero attached hydrogens (tertiary/aromatic N) is 3. The van der Waals surface area contributed by atoms with E-state index in [1.54, 1.807) is 19.9 Å². The van der Waals surface area contributed by atoms with Gasteiger partial charge in [-0.05, 0) is 62.9 Å². The number of carbonyl (C=O) groups excluding carboxylic acids is 1. The van der Waals surface area contributed by atoms with Crippen LogP contribution in [-0.4, -0.2) is 51.4 Å². The molecule has 9 heteroatoms. The predicted molar refractivity (Wildman–Crippen MR) is 117 cm³/mol. The van der Waals surface area contributed by atoms with Gasteiger partial charge in [-0.25, -0.2) is 14.6 Å². The van der Waals surface area contributed by atoms with Gasteiger partial charge in [-0.15, -0.1) is 0 Å². The Balaban J connectivity index is 0. The SMILES string of the molecule is CC(C(=O)O)=C(CCO)C1(CN=C=O)CC(C)CC(C)(C)C1.CCC(C)=NO.N#CO. The lowest BCUT2D eigenvalue weighted by molar-refractivity contribution is -0.132. The first-order chi connectivity index (χ1) is 14.4. The normalized spacial score (nSPS) is 22.8. The van der Waals surface area contributed by atoms with Crippen molar-refractivity contribution in [1.29, 1.82) is 5.26 Å². The first kappa shape index (κ1) is 30.5. The molecule has 0 radical (unpaired) electrons. The molecule has 0 amide bonds. The number of carboxylic acids is 1. The van der Waals surface area contributed by atoms with Gasteiger partial charge in [0.05, 0.1) is 12.3 Å². The summed E-state index contributed by atoms with van der Waals surface area (Å²) in [6, 6.07) is 0. The van der Waals surface area contributed by atoms with Gasteiger partial charge >= 0.3 is 5.97 Å². The Morgan fingerprint density at radius 2 is 1.81 bits per heavy atom. The summed E-state index contributed by atoms with van der Waals surface area (Å²) in [5, 5.41) is 43.4. The highest BCUT2D eigenvalue weighted by Crippen LogP contribution is 2.53. The summed E-state index contributed by atoms with van der Waals surface area (Å²) in [4.78, 5) is 25.9. The number of aliphatic hydroxyl groups is 2. The maximum Gasteiger partial charge on any atom is 0.331 e. The minimum atomic E-state index is -0.978. The number of hydrogen-bond acceptors (Lipinski definition) is 8. The van der Waals surface area contributed by atoms with Crippen molar-refractivity contribution in [3.63, 3.8) is 0 Å². The standard InChI is InChI=1S/C17H27NO4.C4H9NO.CHNO/c1-12-7-16(3,4)9-17(8-12,10-18-11-20)14(5-6-19)13(2)15(21)22;1-3-4(2)5-6;2-1-3/h12,19H,5-10H2,1-4H3,(H,21,22);6H,3H2,1-2H3;3H. The lowest BCUT2D eigenvalue weighted by Gasteiger charge is -2.48. The van der Waals surface area contributed by atoms with E-state index in [4.69, 9.17) is 15.6 Å². The molecule has 9 nitrogen and oxygen atoms in total. The van der Waals surface area contributed by atoms with Crippen LogP contribution >= 0.6 is 0 Å². The van der Waals surface area contributed by atoms with Gasteiger partial charge in [-0.3, -0.25) is 0 Å². The van der Waals surface area contributed by atoms with Crippen molar-refractivity contribution in [3.05, 3.63) is 11.1 Å². The molecule has 0 aromatic rings. The number of aliphatic hydroxyl groups excluding tert-OH is 2. The van der Waals surface area contributed by atoms with Crippen LogP contribution in [-0.2, 0) is 9.59 Å². The molecule has 2 atom stereocenters. The average molecular weight is 440 g/mol. The lowest BCUT2D eigenvalue weighted by atomic mass is 9.56. The molecule has 1 rings (SSSR count). The van der Waals surface area contributed by atoms with Crippen molar-refractivity contribution in [1.82, 2.24) is 0 Å². The fraction of sp³-hybridized carbons (Fsp3) is 0.727. The Labute approximate surface area is 184 Å². The molecule has 0 aliphatic heterocycles. The molecule has 1 aliphatic carbocycles. The van der Waals surface area contributed by atoms with E-state index in [9.17, 15) is 19.8 Å². The molecule has 0 aromatic heterocycles. The number of rotatable bonds is 7. The molecule has 0 spiro atoms. The van der Waals surface area contributed by atoms with Gasteiger partial charge in [0.25, 0.3) is 6.26 Å². The number of hydrogen-bond donors (Lipinski definition) is 4. The van der Waals surface area contributed by atoms with Gasteiger partial charge in [-0.1, -0.05) is 32.9 Å². The molecular formula is C22H37N3O6. The quantitative estimate of drug-likeness (QED) is 0.116. The maximum atomic E-state index is 11.5. The highest BCUT2D eigenvalue weighted by molar-refractivity contribution is 5.87. The minimum Gasteiger partial charge on any atom is -0.478 e. The third-order valence-electron chi connectivity index (χ3n) is 5.36. The number of aliphatic imine (C=N–C) groups is 1. The molecule has 0 heterocycles. The topological polar surface area (TPSA) is 164 Å². The number of carboxylic acid groups (broad SMARTS) is 1. The molecule has 4 N–H and O–H groups in total. The van der Waals surface area contributed by atoms with Crippen LogP contribution in [0.1, 0.15) is 73.6 Å². The van der Waals surface area contributed by atoms with Gasteiger partial charge in [0, 0.05) is 17.6 Å². The van der Waals surface area contributed by atoms with E-state index in [1.807, 2.05) is 6.92 Å². The van der Waals surface area contributed by atoms with Crippen molar-refractivity contribution >= 4 is 17.8 Å². The van der Waals surface area contributed by atoms with Gasteiger partial charge in [0.2, 0.25) is 6.08 Å². The molecule has 31 heavy (non-hydrogen) atoms. The van der Waals surface area contributed by atoms with Crippen molar-refractivity contribution in [2.45, 2.75) is 73.6 Å². The number of isocyanates is 1. The average Bonchev–Trinajstić information content (AvgIpc) is 2.68. The van der Waals surface area contributed by atoms with Crippen LogP contribution in [0, 0.1) is 28.3 Å². The molecule has 176 valence electrons. The van der Waals surface area contributed by atoms with E-state index >= 15 is 0 Å². The largest absolute Gasteiger partial charge is 0.478 e. The highest BCUT2D eigenvalue weighted by atomic mass is 16.4. The van der Waals surface area contributed by atoms with Crippen molar-refractivity contribution in [2.24, 2.45) is 26.9 Å². The van der Waals surface area contributed by atoms with Crippen LogP contribution in [0.3, 0.4) is 0 Å². The number of carbonyl (C=O) groups is 1. The van der Waals surface area contributed by atoms with Crippen LogP contribution in [0.15, 0.2) is 21.3 Å². The monoisotopic (exact) mass is 439 g/mol. The fourth-order valence-electron chi connectivity index (χ4n) is 4.53. The number of aliphatic carboxylic acids is 1. The Bertz CT molecular complexity index is 717. The van der Waals surface area contributed by atoms with Gasteiger partial charge in [-0.2, -0.15) is 5.26 Å². The summed E-state index contributed by atoms with van der Waals surface area (Å²) in [6.07, 6.45) is 6.06. The number of oxime groups is 1. The first-order valence-corrected chi connectivity index (χ1v) is 10.2. The summed E-state index contributed by atoms with van der Waals surface area (Å²) in [5.41, 5.74) is 1.32.